The van der Waals surface area contributed by atoms with Crippen LogP contribution in [0, 0.1) is 5.92 Å². The molecule has 2 aromatic rings. The van der Waals surface area contributed by atoms with E-state index in [4.69, 9.17) is 4.74 Å². The van der Waals surface area contributed by atoms with Gasteiger partial charge in [-0.1, -0.05) is 25.1 Å². The lowest BCUT2D eigenvalue weighted by atomic mass is 9.97. The van der Waals surface area contributed by atoms with Crippen LogP contribution in [-0.2, 0) is 4.74 Å². The predicted molar refractivity (Wildman–Crippen MR) is 67.8 cm³/mol. The Labute approximate surface area is 99.5 Å². The molecule has 0 spiro atoms. The maximum atomic E-state index is 10.3. The standard InChI is InChI=1S/C13H16O2S/c1-9(8-15-2)12(14)11-5-3-4-10-6-7-16-13(10)11/h3-7,9,12,14H,8H2,1-2H3. The third kappa shape index (κ3) is 2.12. The molecule has 0 saturated carbocycles. The van der Waals surface area contributed by atoms with Crippen LogP contribution in [0.4, 0.5) is 0 Å². The Morgan fingerprint density at radius 1 is 1.38 bits per heavy atom. The van der Waals surface area contributed by atoms with Gasteiger partial charge in [0.2, 0.25) is 0 Å². The molecule has 0 aliphatic carbocycles. The summed E-state index contributed by atoms with van der Waals surface area (Å²) in [5, 5.41) is 13.5. The first-order valence-corrected chi connectivity index (χ1v) is 6.25. The number of methoxy groups -OCH3 is 1. The first-order valence-electron chi connectivity index (χ1n) is 5.37. The molecule has 2 unspecified atom stereocenters. The molecule has 1 aromatic carbocycles. The molecule has 86 valence electrons. The molecule has 0 fully saturated rings. The van der Waals surface area contributed by atoms with E-state index in [9.17, 15) is 5.11 Å². The minimum absolute atomic E-state index is 0.109. The van der Waals surface area contributed by atoms with Crippen molar-refractivity contribution < 1.29 is 9.84 Å². The van der Waals surface area contributed by atoms with Crippen molar-refractivity contribution in [3.05, 3.63) is 35.2 Å². The van der Waals surface area contributed by atoms with Crippen molar-refractivity contribution in [2.45, 2.75) is 13.0 Å². The molecule has 2 atom stereocenters. The summed E-state index contributed by atoms with van der Waals surface area (Å²) in [7, 11) is 1.66. The molecule has 1 aromatic heterocycles. The highest BCUT2D eigenvalue weighted by Crippen LogP contribution is 2.32. The van der Waals surface area contributed by atoms with Gasteiger partial charge in [0.25, 0.3) is 0 Å². The van der Waals surface area contributed by atoms with Crippen LogP contribution in [0.2, 0.25) is 0 Å². The molecule has 3 heteroatoms. The quantitative estimate of drug-likeness (QED) is 0.883. The Bertz CT molecular complexity index is 464. The Balaban J connectivity index is 2.35. The molecule has 0 aliphatic rings. The number of benzene rings is 1. The Morgan fingerprint density at radius 2 is 2.19 bits per heavy atom. The largest absolute Gasteiger partial charge is 0.388 e. The van der Waals surface area contributed by atoms with E-state index < -0.39 is 6.10 Å². The highest BCUT2D eigenvalue weighted by Gasteiger charge is 2.18. The molecule has 0 aliphatic heterocycles. The number of aliphatic hydroxyl groups excluding tert-OH is 1. The summed E-state index contributed by atoms with van der Waals surface area (Å²) in [6, 6.07) is 8.14. The van der Waals surface area contributed by atoms with E-state index in [1.807, 2.05) is 19.1 Å². The summed E-state index contributed by atoms with van der Waals surface area (Å²) >= 11 is 1.68. The number of rotatable bonds is 4. The van der Waals surface area contributed by atoms with E-state index in [-0.39, 0.29) is 5.92 Å². The molecule has 1 N–H and O–H groups in total. The molecular formula is C13H16O2S. The summed E-state index contributed by atoms with van der Waals surface area (Å²) in [5.41, 5.74) is 1.01. The van der Waals surface area contributed by atoms with Crippen LogP contribution < -0.4 is 0 Å². The van der Waals surface area contributed by atoms with Crippen molar-refractivity contribution in [1.82, 2.24) is 0 Å². The van der Waals surface area contributed by atoms with Gasteiger partial charge in [-0.05, 0) is 22.4 Å². The van der Waals surface area contributed by atoms with Gasteiger partial charge in [-0.15, -0.1) is 11.3 Å². The maximum absolute atomic E-state index is 10.3. The van der Waals surface area contributed by atoms with Crippen molar-refractivity contribution in [1.29, 1.82) is 0 Å². The maximum Gasteiger partial charge on any atom is 0.0851 e. The first kappa shape index (κ1) is 11.6. The number of aliphatic hydroxyl groups is 1. The molecular weight excluding hydrogens is 220 g/mol. The zero-order valence-corrected chi connectivity index (χ0v) is 10.3. The molecule has 0 bridgehead atoms. The second-order valence-corrected chi connectivity index (χ2v) is 4.98. The van der Waals surface area contributed by atoms with Crippen molar-refractivity contribution in [3.8, 4) is 0 Å². The Kier molecular flexibility index (Phi) is 3.59. The first-order chi connectivity index (χ1) is 7.74. The number of fused-ring (bicyclic) bond motifs is 1. The lowest BCUT2D eigenvalue weighted by molar-refractivity contribution is 0.0576. The second-order valence-electron chi connectivity index (χ2n) is 4.06. The fourth-order valence-electron chi connectivity index (χ4n) is 1.91. The molecule has 0 amide bonds. The van der Waals surface area contributed by atoms with Crippen molar-refractivity contribution >= 4 is 21.4 Å². The van der Waals surface area contributed by atoms with E-state index in [0.29, 0.717) is 6.61 Å². The SMILES string of the molecule is COCC(C)C(O)c1cccc2ccsc12. The van der Waals surface area contributed by atoms with Gasteiger partial charge < -0.3 is 9.84 Å². The van der Waals surface area contributed by atoms with Crippen LogP contribution in [-0.4, -0.2) is 18.8 Å². The van der Waals surface area contributed by atoms with Gasteiger partial charge in [0.1, 0.15) is 0 Å². The molecule has 2 nitrogen and oxygen atoms in total. The average Bonchev–Trinajstić information content (AvgIpc) is 2.76. The molecule has 0 radical (unpaired) electrons. The van der Waals surface area contributed by atoms with Gasteiger partial charge in [-0.3, -0.25) is 0 Å². The number of ether oxygens (including phenoxy) is 1. The summed E-state index contributed by atoms with van der Waals surface area (Å²) in [6.07, 6.45) is -0.456. The second kappa shape index (κ2) is 4.95. The minimum Gasteiger partial charge on any atom is -0.388 e. The van der Waals surface area contributed by atoms with Gasteiger partial charge in [0.05, 0.1) is 12.7 Å². The normalized spacial score (nSPS) is 15.2. The van der Waals surface area contributed by atoms with Crippen LogP contribution in [0.5, 0.6) is 0 Å². The van der Waals surface area contributed by atoms with E-state index >= 15 is 0 Å². The molecule has 2 rings (SSSR count). The highest BCUT2D eigenvalue weighted by atomic mass is 32.1. The smallest absolute Gasteiger partial charge is 0.0851 e. The third-order valence-corrected chi connectivity index (χ3v) is 3.78. The fraction of sp³-hybridized carbons (Fsp3) is 0.385. The topological polar surface area (TPSA) is 29.5 Å². The van der Waals surface area contributed by atoms with Crippen LogP contribution in [0.1, 0.15) is 18.6 Å². The van der Waals surface area contributed by atoms with E-state index in [1.165, 1.54) is 10.1 Å². The van der Waals surface area contributed by atoms with Gasteiger partial charge in [-0.2, -0.15) is 0 Å². The highest BCUT2D eigenvalue weighted by molar-refractivity contribution is 7.17. The molecule has 0 saturated heterocycles. The molecule has 1 heterocycles. The summed E-state index contributed by atoms with van der Waals surface area (Å²) in [5.74, 6) is 0.109. The Morgan fingerprint density at radius 3 is 2.94 bits per heavy atom. The lowest BCUT2D eigenvalue weighted by Gasteiger charge is -2.18. The Hall–Kier alpha value is -0.900. The third-order valence-electron chi connectivity index (χ3n) is 2.80. The van der Waals surface area contributed by atoms with Crippen molar-refractivity contribution in [3.63, 3.8) is 0 Å². The van der Waals surface area contributed by atoms with E-state index in [2.05, 4.69) is 17.5 Å². The fourth-order valence-corrected chi connectivity index (χ4v) is 2.86. The number of thiophene rings is 1. The van der Waals surface area contributed by atoms with Gasteiger partial charge in [0, 0.05) is 17.7 Å². The molecule has 16 heavy (non-hydrogen) atoms. The number of hydrogen-bond acceptors (Lipinski definition) is 3. The van der Waals surface area contributed by atoms with Gasteiger partial charge in [0.15, 0.2) is 0 Å². The van der Waals surface area contributed by atoms with Gasteiger partial charge >= 0.3 is 0 Å². The van der Waals surface area contributed by atoms with Crippen LogP contribution in [0.3, 0.4) is 0 Å². The summed E-state index contributed by atoms with van der Waals surface area (Å²) in [6.45, 7) is 2.57. The van der Waals surface area contributed by atoms with E-state index in [0.717, 1.165) is 5.56 Å². The zero-order valence-electron chi connectivity index (χ0n) is 9.51. The predicted octanol–water partition coefficient (Wildman–Crippen LogP) is 3.22. The van der Waals surface area contributed by atoms with Crippen LogP contribution in [0.15, 0.2) is 29.6 Å². The van der Waals surface area contributed by atoms with Crippen LogP contribution in [0.25, 0.3) is 10.1 Å². The summed E-state index contributed by atoms with van der Waals surface area (Å²) < 4.78 is 6.26. The number of hydrogen-bond donors (Lipinski definition) is 1. The average molecular weight is 236 g/mol. The summed E-state index contributed by atoms with van der Waals surface area (Å²) in [4.78, 5) is 0. The monoisotopic (exact) mass is 236 g/mol. The van der Waals surface area contributed by atoms with Crippen molar-refractivity contribution in [2.75, 3.05) is 13.7 Å². The zero-order chi connectivity index (χ0) is 11.5. The van der Waals surface area contributed by atoms with E-state index in [1.54, 1.807) is 18.4 Å². The van der Waals surface area contributed by atoms with Crippen molar-refractivity contribution in [2.24, 2.45) is 5.92 Å². The van der Waals surface area contributed by atoms with Gasteiger partial charge in [-0.25, -0.2) is 0 Å². The van der Waals surface area contributed by atoms with Crippen LogP contribution >= 0.6 is 11.3 Å². The lowest BCUT2D eigenvalue weighted by Crippen LogP contribution is -2.14. The minimum atomic E-state index is -0.456.